The number of carbonyl (C=O) groups is 1. The first-order chi connectivity index (χ1) is 12.3. The Morgan fingerprint density at radius 2 is 1.76 bits per heavy atom. The first-order valence-corrected chi connectivity index (χ1v) is 8.44. The minimum atomic E-state index is -0.147. The van der Waals surface area contributed by atoms with E-state index in [1.54, 1.807) is 6.07 Å². The number of para-hydroxylation sites is 3. The molecule has 0 radical (unpaired) electrons. The Morgan fingerprint density at radius 3 is 2.56 bits per heavy atom. The molecule has 1 amide bonds. The number of aromatic nitrogens is 1. The van der Waals surface area contributed by atoms with Crippen LogP contribution < -0.4 is 14.8 Å². The lowest BCUT2D eigenvalue weighted by Crippen LogP contribution is -2.30. The molecule has 0 atom stereocenters. The van der Waals surface area contributed by atoms with E-state index in [0.29, 0.717) is 24.7 Å². The Labute approximate surface area is 147 Å². The minimum absolute atomic E-state index is 0.0298. The molecule has 1 heterocycles. The van der Waals surface area contributed by atoms with Crippen molar-refractivity contribution >= 4 is 16.8 Å². The molecule has 0 spiro atoms. The first kappa shape index (κ1) is 16.9. The van der Waals surface area contributed by atoms with Gasteiger partial charge in [0.15, 0.2) is 18.1 Å². The van der Waals surface area contributed by atoms with Gasteiger partial charge in [0.25, 0.3) is 5.91 Å². The molecule has 2 aromatic carbocycles. The molecule has 0 aliphatic heterocycles. The van der Waals surface area contributed by atoms with E-state index in [9.17, 15) is 4.79 Å². The Kier molecular flexibility index (Phi) is 5.57. The molecule has 130 valence electrons. The highest BCUT2D eigenvalue weighted by Gasteiger charge is 2.08. The zero-order chi connectivity index (χ0) is 17.5. The average Bonchev–Trinajstić information content (AvgIpc) is 3.05. The van der Waals surface area contributed by atoms with Crippen LogP contribution in [0.4, 0.5) is 0 Å². The van der Waals surface area contributed by atoms with Crippen molar-refractivity contribution in [1.82, 2.24) is 10.3 Å². The van der Waals surface area contributed by atoms with E-state index in [0.717, 1.165) is 11.9 Å². The number of fused-ring (bicyclic) bond motifs is 1. The van der Waals surface area contributed by atoms with Crippen molar-refractivity contribution in [2.45, 2.75) is 13.3 Å². The summed E-state index contributed by atoms with van der Waals surface area (Å²) in [5.74, 6) is 1.08. The Morgan fingerprint density at radius 1 is 1.04 bits per heavy atom. The van der Waals surface area contributed by atoms with Crippen LogP contribution in [0.2, 0.25) is 0 Å². The SMILES string of the molecule is CCOc1ccccc1OCC(=O)NCCc1c[nH]c2ccccc12. The van der Waals surface area contributed by atoms with Gasteiger partial charge in [0.2, 0.25) is 0 Å². The van der Waals surface area contributed by atoms with Crippen molar-refractivity contribution in [1.29, 1.82) is 0 Å². The maximum atomic E-state index is 12.0. The smallest absolute Gasteiger partial charge is 0.257 e. The fourth-order valence-electron chi connectivity index (χ4n) is 2.71. The van der Waals surface area contributed by atoms with Crippen LogP contribution in [0.1, 0.15) is 12.5 Å². The standard InChI is InChI=1S/C20H22N2O3/c1-2-24-18-9-5-6-10-19(18)25-14-20(23)21-12-11-15-13-22-17-8-4-3-7-16(15)17/h3-10,13,22H,2,11-12,14H2,1H3,(H,21,23). The predicted octanol–water partition coefficient (Wildman–Crippen LogP) is 3.30. The number of rotatable bonds is 8. The third kappa shape index (κ3) is 4.32. The maximum absolute atomic E-state index is 12.0. The molecule has 3 rings (SSSR count). The van der Waals surface area contributed by atoms with Crippen LogP contribution in [0.3, 0.4) is 0 Å². The highest BCUT2D eigenvalue weighted by molar-refractivity contribution is 5.83. The number of hydrogen-bond acceptors (Lipinski definition) is 3. The molecule has 0 unspecified atom stereocenters. The molecule has 0 bridgehead atoms. The zero-order valence-corrected chi connectivity index (χ0v) is 14.2. The Bertz CT molecular complexity index is 842. The van der Waals surface area contributed by atoms with Gasteiger partial charge in [-0.05, 0) is 37.1 Å². The van der Waals surface area contributed by atoms with E-state index in [1.165, 1.54) is 10.9 Å². The topological polar surface area (TPSA) is 63.4 Å². The number of ether oxygens (including phenoxy) is 2. The molecule has 25 heavy (non-hydrogen) atoms. The summed E-state index contributed by atoms with van der Waals surface area (Å²) in [7, 11) is 0. The summed E-state index contributed by atoms with van der Waals surface area (Å²) >= 11 is 0. The largest absolute Gasteiger partial charge is 0.490 e. The third-order valence-electron chi connectivity index (χ3n) is 3.90. The number of nitrogens with one attached hydrogen (secondary N) is 2. The van der Waals surface area contributed by atoms with E-state index in [2.05, 4.69) is 16.4 Å². The van der Waals surface area contributed by atoms with Crippen molar-refractivity contribution in [3.63, 3.8) is 0 Å². The molecule has 3 aromatic rings. The normalized spacial score (nSPS) is 10.6. The van der Waals surface area contributed by atoms with Crippen LogP contribution in [0.5, 0.6) is 11.5 Å². The van der Waals surface area contributed by atoms with E-state index in [-0.39, 0.29) is 12.5 Å². The van der Waals surface area contributed by atoms with E-state index >= 15 is 0 Å². The highest BCUT2D eigenvalue weighted by atomic mass is 16.5. The van der Waals surface area contributed by atoms with Gasteiger partial charge < -0.3 is 19.8 Å². The number of H-pyrrole nitrogens is 1. The van der Waals surface area contributed by atoms with Crippen LogP contribution in [0.15, 0.2) is 54.7 Å². The Balaban J connectivity index is 1.47. The minimum Gasteiger partial charge on any atom is -0.490 e. The summed E-state index contributed by atoms with van der Waals surface area (Å²) in [6, 6.07) is 15.5. The quantitative estimate of drug-likeness (QED) is 0.662. The molecule has 0 saturated heterocycles. The summed E-state index contributed by atoms with van der Waals surface area (Å²) in [6.07, 6.45) is 2.76. The van der Waals surface area contributed by atoms with Crippen LogP contribution in [0, 0.1) is 0 Å². The fourth-order valence-corrected chi connectivity index (χ4v) is 2.71. The summed E-state index contributed by atoms with van der Waals surface area (Å²) in [6.45, 7) is 3.00. The molecule has 0 fully saturated rings. The van der Waals surface area contributed by atoms with Crippen molar-refractivity contribution < 1.29 is 14.3 Å². The van der Waals surface area contributed by atoms with Gasteiger partial charge in [-0.2, -0.15) is 0 Å². The van der Waals surface area contributed by atoms with Gasteiger partial charge in [0.05, 0.1) is 6.61 Å². The number of aromatic amines is 1. The lowest BCUT2D eigenvalue weighted by atomic mass is 10.1. The lowest BCUT2D eigenvalue weighted by Gasteiger charge is -2.11. The van der Waals surface area contributed by atoms with Gasteiger partial charge >= 0.3 is 0 Å². The molecular formula is C20H22N2O3. The van der Waals surface area contributed by atoms with E-state index < -0.39 is 0 Å². The molecule has 0 aliphatic carbocycles. The molecule has 5 heteroatoms. The molecule has 0 saturated carbocycles. The number of amides is 1. The second kappa shape index (κ2) is 8.24. The molecule has 0 aliphatic rings. The lowest BCUT2D eigenvalue weighted by molar-refractivity contribution is -0.123. The van der Waals surface area contributed by atoms with Crippen LogP contribution in [0.25, 0.3) is 10.9 Å². The molecule has 2 N–H and O–H groups in total. The van der Waals surface area contributed by atoms with E-state index in [4.69, 9.17) is 9.47 Å². The first-order valence-electron chi connectivity index (χ1n) is 8.44. The second-order valence-corrected chi connectivity index (χ2v) is 5.63. The van der Waals surface area contributed by atoms with Crippen molar-refractivity contribution in [2.24, 2.45) is 0 Å². The summed E-state index contributed by atoms with van der Waals surface area (Å²) in [5.41, 5.74) is 2.30. The van der Waals surface area contributed by atoms with E-state index in [1.807, 2.05) is 49.5 Å². The summed E-state index contributed by atoms with van der Waals surface area (Å²) < 4.78 is 11.0. The highest BCUT2D eigenvalue weighted by Crippen LogP contribution is 2.26. The molecule has 1 aromatic heterocycles. The second-order valence-electron chi connectivity index (χ2n) is 5.63. The third-order valence-corrected chi connectivity index (χ3v) is 3.90. The van der Waals surface area contributed by atoms with Gasteiger partial charge in [-0.15, -0.1) is 0 Å². The van der Waals surface area contributed by atoms with Gasteiger partial charge in [-0.1, -0.05) is 30.3 Å². The molecular weight excluding hydrogens is 316 g/mol. The van der Waals surface area contributed by atoms with Crippen molar-refractivity contribution in [3.05, 3.63) is 60.3 Å². The van der Waals surface area contributed by atoms with Gasteiger partial charge in [-0.3, -0.25) is 4.79 Å². The number of benzene rings is 2. The molecule has 5 nitrogen and oxygen atoms in total. The summed E-state index contributed by atoms with van der Waals surface area (Å²) in [4.78, 5) is 15.2. The number of carbonyl (C=O) groups excluding carboxylic acids is 1. The monoisotopic (exact) mass is 338 g/mol. The van der Waals surface area contributed by atoms with Crippen molar-refractivity contribution in [3.8, 4) is 11.5 Å². The van der Waals surface area contributed by atoms with Crippen LogP contribution >= 0.6 is 0 Å². The maximum Gasteiger partial charge on any atom is 0.257 e. The number of hydrogen-bond donors (Lipinski definition) is 2. The average molecular weight is 338 g/mol. The van der Waals surface area contributed by atoms with Gasteiger partial charge in [0.1, 0.15) is 0 Å². The van der Waals surface area contributed by atoms with Crippen LogP contribution in [-0.2, 0) is 11.2 Å². The van der Waals surface area contributed by atoms with Gasteiger partial charge in [0, 0.05) is 23.6 Å². The van der Waals surface area contributed by atoms with Gasteiger partial charge in [-0.25, -0.2) is 0 Å². The predicted molar refractivity (Wildman–Crippen MR) is 98.1 cm³/mol. The zero-order valence-electron chi connectivity index (χ0n) is 14.2. The fraction of sp³-hybridized carbons (Fsp3) is 0.250. The van der Waals surface area contributed by atoms with Crippen LogP contribution in [-0.4, -0.2) is 30.6 Å². The Hall–Kier alpha value is -2.95. The summed E-state index contributed by atoms with van der Waals surface area (Å²) in [5, 5.41) is 4.08. The van der Waals surface area contributed by atoms with Crippen molar-refractivity contribution in [2.75, 3.05) is 19.8 Å².